The molecule has 1 N–H and O–H groups in total. The molecule has 0 saturated carbocycles. The molecule has 0 atom stereocenters. The molecule has 10 heavy (non-hydrogen) atoms. The molecule has 0 aromatic rings. The van der Waals surface area contributed by atoms with Crippen LogP contribution in [-0.4, -0.2) is 24.1 Å². The molecular weight excluding hydrogens is 142 g/mol. The summed E-state index contributed by atoms with van der Waals surface area (Å²) in [5.74, 6) is 1.12. The van der Waals surface area contributed by atoms with Gasteiger partial charge in [-0.15, -0.1) is 6.58 Å². The van der Waals surface area contributed by atoms with Gasteiger partial charge in [-0.3, -0.25) is 0 Å². The minimum Gasteiger partial charge on any atom is -0.317 e. The van der Waals surface area contributed by atoms with Crippen molar-refractivity contribution in [3.63, 3.8) is 0 Å². The Labute approximate surface area is 67.3 Å². The van der Waals surface area contributed by atoms with Gasteiger partial charge in [0.1, 0.15) is 0 Å². The van der Waals surface area contributed by atoms with E-state index in [4.69, 9.17) is 0 Å². The van der Waals surface area contributed by atoms with Gasteiger partial charge in [0.25, 0.3) is 0 Å². The van der Waals surface area contributed by atoms with Gasteiger partial charge in [-0.2, -0.15) is 11.8 Å². The third-order valence-electron chi connectivity index (χ3n) is 1.74. The van der Waals surface area contributed by atoms with E-state index in [1.54, 1.807) is 0 Å². The van der Waals surface area contributed by atoms with Crippen LogP contribution < -0.4 is 5.32 Å². The highest BCUT2D eigenvalue weighted by Crippen LogP contribution is 2.19. The van der Waals surface area contributed by atoms with Crippen LogP contribution in [0.15, 0.2) is 12.7 Å². The maximum atomic E-state index is 3.71. The molecule has 1 aliphatic rings. The monoisotopic (exact) mass is 157 g/mol. The molecule has 0 aromatic carbocycles. The maximum absolute atomic E-state index is 3.71. The van der Waals surface area contributed by atoms with Crippen LogP contribution in [0.1, 0.15) is 12.8 Å². The minimum absolute atomic E-state index is 0.888. The van der Waals surface area contributed by atoms with Crippen molar-refractivity contribution in [2.24, 2.45) is 0 Å². The number of thioether (sulfide) groups is 1. The highest BCUT2D eigenvalue weighted by Gasteiger charge is 2.11. The smallest absolute Gasteiger partial charge is 0.0113 e. The number of piperidine rings is 1. The second kappa shape index (κ2) is 4.80. The summed E-state index contributed by atoms with van der Waals surface area (Å²) in [5, 5.41) is 4.24. The van der Waals surface area contributed by atoms with Gasteiger partial charge in [0.05, 0.1) is 0 Å². The lowest BCUT2D eigenvalue weighted by atomic mass is 10.2. The minimum atomic E-state index is 0.888. The van der Waals surface area contributed by atoms with Crippen molar-refractivity contribution in [2.75, 3.05) is 18.8 Å². The molecule has 0 spiro atoms. The Kier molecular flexibility index (Phi) is 3.91. The van der Waals surface area contributed by atoms with Crippen LogP contribution in [-0.2, 0) is 0 Å². The second-order valence-corrected chi connectivity index (χ2v) is 3.90. The van der Waals surface area contributed by atoms with E-state index in [9.17, 15) is 0 Å². The molecule has 0 unspecified atom stereocenters. The number of hydrogen-bond donors (Lipinski definition) is 1. The molecule has 1 heterocycles. The lowest BCUT2D eigenvalue weighted by Crippen LogP contribution is -2.29. The topological polar surface area (TPSA) is 12.0 Å². The number of hydrogen-bond acceptors (Lipinski definition) is 2. The molecular formula is C8H15NS. The normalized spacial score (nSPS) is 20.8. The Morgan fingerprint density at radius 1 is 1.50 bits per heavy atom. The van der Waals surface area contributed by atoms with E-state index in [-0.39, 0.29) is 0 Å². The summed E-state index contributed by atoms with van der Waals surface area (Å²) in [4.78, 5) is 0. The fourth-order valence-corrected chi connectivity index (χ4v) is 2.14. The summed E-state index contributed by atoms with van der Waals surface area (Å²) >= 11 is 2.04. The fourth-order valence-electron chi connectivity index (χ4n) is 1.17. The molecule has 1 saturated heterocycles. The van der Waals surface area contributed by atoms with Gasteiger partial charge in [0.15, 0.2) is 0 Å². The molecule has 0 amide bonds. The Balaban J connectivity index is 2.07. The average molecular weight is 157 g/mol. The highest BCUT2D eigenvalue weighted by molar-refractivity contribution is 8.00. The van der Waals surface area contributed by atoms with Crippen molar-refractivity contribution in [1.82, 2.24) is 5.32 Å². The Hall–Kier alpha value is 0.0500. The predicted molar refractivity (Wildman–Crippen MR) is 48.5 cm³/mol. The molecule has 0 bridgehead atoms. The van der Waals surface area contributed by atoms with Crippen molar-refractivity contribution in [1.29, 1.82) is 0 Å². The van der Waals surface area contributed by atoms with Gasteiger partial charge in [0, 0.05) is 11.0 Å². The fraction of sp³-hybridized carbons (Fsp3) is 0.750. The third kappa shape index (κ3) is 2.76. The van der Waals surface area contributed by atoms with E-state index < -0.39 is 0 Å². The van der Waals surface area contributed by atoms with E-state index >= 15 is 0 Å². The largest absolute Gasteiger partial charge is 0.317 e. The zero-order valence-corrected chi connectivity index (χ0v) is 7.12. The number of nitrogens with one attached hydrogen (secondary N) is 1. The lowest BCUT2D eigenvalue weighted by Gasteiger charge is -2.21. The van der Waals surface area contributed by atoms with Gasteiger partial charge in [-0.25, -0.2) is 0 Å². The Morgan fingerprint density at radius 2 is 2.20 bits per heavy atom. The molecule has 1 aliphatic heterocycles. The first-order valence-corrected chi connectivity index (χ1v) is 4.91. The van der Waals surface area contributed by atoms with Crippen molar-refractivity contribution in [3.8, 4) is 0 Å². The summed E-state index contributed by atoms with van der Waals surface area (Å²) in [5.41, 5.74) is 0. The van der Waals surface area contributed by atoms with E-state index in [0.717, 1.165) is 11.0 Å². The summed E-state index contributed by atoms with van der Waals surface area (Å²) in [7, 11) is 0. The van der Waals surface area contributed by atoms with Crippen LogP contribution in [0, 0.1) is 0 Å². The highest BCUT2D eigenvalue weighted by atomic mass is 32.2. The van der Waals surface area contributed by atoms with E-state index in [0.29, 0.717) is 0 Å². The lowest BCUT2D eigenvalue weighted by molar-refractivity contribution is 0.532. The van der Waals surface area contributed by atoms with Gasteiger partial charge in [-0.05, 0) is 25.9 Å². The van der Waals surface area contributed by atoms with E-state index in [1.807, 2.05) is 17.8 Å². The summed E-state index contributed by atoms with van der Waals surface area (Å²) in [6.07, 6.45) is 4.66. The van der Waals surface area contributed by atoms with Crippen molar-refractivity contribution in [2.45, 2.75) is 18.1 Å². The quantitative estimate of drug-likeness (QED) is 0.625. The van der Waals surface area contributed by atoms with Crippen LogP contribution in [0.2, 0.25) is 0 Å². The van der Waals surface area contributed by atoms with Crippen molar-refractivity contribution < 1.29 is 0 Å². The van der Waals surface area contributed by atoms with Gasteiger partial charge >= 0.3 is 0 Å². The SMILES string of the molecule is C=CCSC1CCNCC1. The average Bonchev–Trinajstić information content (AvgIpc) is 2.03. The van der Waals surface area contributed by atoms with Crippen LogP contribution in [0.3, 0.4) is 0 Å². The van der Waals surface area contributed by atoms with Crippen molar-refractivity contribution >= 4 is 11.8 Å². The van der Waals surface area contributed by atoms with Crippen molar-refractivity contribution in [3.05, 3.63) is 12.7 Å². The molecule has 1 fully saturated rings. The van der Waals surface area contributed by atoms with Crippen LogP contribution in [0.4, 0.5) is 0 Å². The maximum Gasteiger partial charge on any atom is 0.0113 e. The first kappa shape index (κ1) is 8.15. The summed E-state index contributed by atoms with van der Waals surface area (Å²) in [6.45, 7) is 6.11. The Morgan fingerprint density at radius 3 is 2.80 bits per heavy atom. The van der Waals surface area contributed by atoms with Gasteiger partial charge in [0.2, 0.25) is 0 Å². The molecule has 2 heteroatoms. The standard InChI is InChI=1S/C8H15NS/c1-2-7-10-8-3-5-9-6-4-8/h2,8-9H,1,3-7H2. The van der Waals surface area contributed by atoms with Gasteiger partial charge < -0.3 is 5.32 Å². The number of rotatable bonds is 3. The first-order valence-electron chi connectivity index (χ1n) is 3.86. The first-order chi connectivity index (χ1) is 4.93. The van der Waals surface area contributed by atoms with E-state index in [2.05, 4.69) is 11.9 Å². The summed E-state index contributed by atoms with van der Waals surface area (Å²) in [6, 6.07) is 0. The molecule has 1 nitrogen and oxygen atoms in total. The zero-order chi connectivity index (χ0) is 7.23. The molecule has 1 rings (SSSR count). The molecule has 0 radical (unpaired) electrons. The third-order valence-corrected chi connectivity index (χ3v) is 3.11. The van der Waals surface area contributed by atoms with E-state index in [1.165, 1.54) is 25.9 Å². The van der Waals surface area contributed by atoms with Gasteiger partial charge in [-0.1, -0.05) is 6.08 Å². The predicted octanol–water partition coefficient (Wildman–Crippen LogP) is 1.66. The second-order valence-electron chi connectivity index (χ2n) is 2.57. The summed E-state index contributed by atoms with van der Waals surface area (Å²) < 4.78 is 0. The molecule has 0 aromatic heterocycles. The van der Waals surface area contributed by atoms with Crippen LogP contribution >= 0.6 is 11.8 Å². The van der Waals surface area contributed by atoms with Crippen LogP contribution in [0.5, 0.6) is 0 Å². The molecule has 0 aliphatic carbocycles. The molecule has 58 valence electrons. The zero-order valence-electron chi connectivity index (χ0n) is 6.31. The Bertz CT molecular complexity index is 97.4. The van der Waals surface area contributed by atoms with Crippen LogP contribution in [0.25, 0.3) is 0 Å².